The van der Waals surface area contributed by atoms with Crippen LogP contribution in [0.15, 0.2) is 29.2 Å². The predicted molar refractivity (Wildman–Crippen MR) is 108 cm³/mol. The highest BCUT2D eigenvalue weighted by Gasteiger charge is 2.29. The minimum Gasteiger partial charge on any atom is -0.488 e. The average molecular weight is 454 g/mol. The Morgan fingerprint density at radius 3 is 2.44 bits per heavy atom. The molecule has 1 heterocycles. The number of halogens is 2. The Hall–Kier alpha value is -3.15. The maximum Gasteiger partial charge on any atom is 0.359 e. The number of esters is 1. The van der Waals surface area contributed by atoms with E-state index in [-0.39, 0.29) is 25.2 Å². The third-order valence-electron chi connectivity index (χ3n) is 4.41. The summed E-state index contributed by atoms with van der Waals surface area (Å²) in [5.74, 6) is -4.09. The number of ether oxygens (including phenoxy) is 2. The lowest BCUT2D eigenvalue weighted by atomic mass is 9.98. The molecule has 0 bridgehead atoms. The average Bonchev–Trinajstić information content (AvgIpc) is 2.71. The molecule has 0 spiro atoms. The highest BCUT2D eigenvalue weighted by Crippen LogP contribution is 2.19. The van der Waals surface area contributed by atoms with E-state index in [1.54, 1.807) is 0 Å². The summed E-state index contributed by atoms with van der Waals surface area (Å²) in [7, 11) is 0. The molecule has 9 nitrogen and oxygen atoms in total. The largest absolute Gasteiger partial charge is 0.488 e. The molecule has 0 amide bonds. The van der Waals surface area contributed by atoms with Crippen molar-refractivity contribution in [3.63, 3.8) is 0 Å². The molecule has 174 valence electrons. The van der Waals surface area contributed by atoms with E-state index in [9.17, 15) is 33.4 Å². The van der Waals surface area contributed by atoms with Crippen molar-refractivity contribution >= 4 is 11.8 Å². The van der Waals surface area contributed by atoms with E-state index in [0.29, 0.717) is 6.07 Å². The molecular weight excluding hydrogens is 430 g/mol. The molecule has 1 aromatic carbocycles. The topological polar surface area (TPSA) is 141 Å². The molecule has 0 radical (unpaired) electrons. The second kappa shape index (κ2) is 10.9. The lowest BCUT2D eigenvalue weighted by molar-refractivity contribution is -0.0519. The highest BCUT2D eigenvalue weighted by molar-refractivity contribution is 6.01. The molecule has 2 rings (SSSR count). The molecule has 4 N–H and O–H groups in total. The summed E-state index contributed by atoms with van der Waals surface area (Å²) in [6.07, 6.45) is -1.33. The summed E-state index contributed by atoms with van der Waals surface area (Å²) in [4.78, 5) is 38.3. The Labute approximate surface area is 182 Å². The van der Waals surface area contributed by atoms with Gasteiger partial charge in [-0.15, -0.1) is 0 Å². The summed E-state index contributed by atoms with van der Waals surface area (Å²) in [6.45, 7) is 2.41. The number of carbonyl (C=O) groups is 2. The van der Waals surface area contributed by atoms with Crippen LogP contribution in [0.3, 0.4) is 0 Å². The van der Waals surface area contributed by atoms with Crippen LogP contribution in [0.4, 0.5) is 8.78 Å². The summed E-state index contributed by atoms with van der Waals surface area (Å²) < 4.78 is 38.2. The summed E-state index contributed by atoms with van der Waals surface area (Å²) >= 11 is 0. The van der Waals surface area contributed by atoms with Crippen molar-refractivity contribution in [2.45, 2.75) is 39.1 Å². The van der Waals surface area contributed by atoms with E-state index in [0.717, 1.165) is 22.9 Å². The molecule has 0 aliphatic carbocycles. The minimum absolute atomic E-state index is 0.0327. The van der Waals surface area contributed by atoms with Gasteiger partial charge in [0.2, 0.25) is 5.43 Å². The smallest absolute Gasteiger partial charge is 0.359 e. The van der Waals surface area contributed by atoms with Crippen LogP contribution in [-0.4, -0.2) is 52.1 Å². The van der Waals surface area contributed by atoms with Crippen molar-refractivity contribution in [3.8, 4) is 5.75 Å². The van der Waals surface area contributed by atoms with Crippen LogP contribution in [0.25, 0.3) is 0 Å². The first kappa shape index (κ1) is 25.1. The standard InChI is InChI=1S/C21H24F2N2O7/c1-3-31-20-17(21(30)32-4-2)25(10-16(26)27)9-13(19(20)29)18(28)15(24)7-11-5-6-12(22)8-14(11)23/h5-6,8-9,15-16,26-27H,3-4,7,10,24H2,1-2H3/t15-/m0/s1. The minimum atomic E-state index is -1.94. The molecule has 32 heavy (non-hydrogen) atoms. The van der Waals surface area contributed by atoms with E-state index in [2.05, 4.69) is 0 Å². The SMILES string of the molecule is CCOC(=O)c1c(OCC)c(=O)c(C(=O)[C@@H](N)Cc2ccc(F)cc2F)cn1CC(O)O. The zero-order valence-electron chi connectivity index (χ0n) is 17.5. The van der Waals surface area contributed by atoms with Gasteiger partial charge in [0.25, 0.3) is 0 Å². The number of Topliss-reactive ketones (excluding diaryl/α,β-unsaturated/α-hetero) is 1. The first-order valence-corrected chi connectivity index (χ1v) is 9.77. The van der Waals surface area contributed by atoms with Crippen molar-refractivity contribution in [2.75, 3.05) is 13.2 Å². The number of benzene rings is 1. The monoisotopic (exact) mass is 454 g/mol. The number of hydrogen-bond donors (Lipinski definition) is 3. The van der Waals surface area contributed by atoms with Crippen LogP contribution < -0.4 is 15.9 Å². The molecule has 0 aliphatic rings. The first-order valence-electron chi connectivity index (χ1n) is 9.77. The summed E-state index contributed by atoms with van der Waals surface area (Å²) in [5.41, 5.74) is 3.99. The van der Waals surface area contributed by atoms with Crippen molar-refractivity contribution in [1.29, 1.82) is 0 Å². The number of aromatic nitrogens is 1. The van der Waals surface area contributed by atoms with Crippen molar-refractivity contribution in [2.24, 2.45) is 5.73 Å². The molecular formula is C21H24F2N2O7. The molecule has 1 aromatic heterocycles. The zero-order chi connectivity index (χ0) is 24.0. The fourth-order valence-corrected chi connectivity index (χ4v) is 3.04. The normalized spacial score (nSPS) is 12.0. The maximum atomic E-state index is 13.9. The number of aliphatic hydroxyl groups is 2. The predicted octanol–water partition coefficient (Wildman–Crippen LogP) is 0.765. The lowest BCUT2D eigenvalue weighted by Gasteiger charge is -2.19. The number of nitrogens with two attached hydrogens (primary N) is 1. The fourth-order valence-electron chi connectivity index (χ4n) is 3.04. The number of rotatable bonds is 10. The Morgan fingerprint density at radius 2 is 1.88 bits per heavy atom. The van der Waals surface area contributed by atoms with Gasteiger partial charge in [-0.2, -0.15) is 0 Å². The van der Waals surface area contributed by atoms with Gasteiger partial charge in [0.1, 0.15) is 11.6 Å². The molecule has 2 aromatic rings. The zero-order valence-corrected chi connectivity index (χ0v) is 17.5. The number of aliphatic hydroxyl groups excluding tert-OH is 1. The van der Waals surface area contributed by atoms with Crippen LogP contribution in [0.5, 0.6) is 5.75 Å². The molecule has 0 fully saturated rings. The number of carbonyl (C=O) groups excluding carboxylic acids is 2. The Balaban J connectivity index is 2.55. The van der Waals surface area contributed by atoms with E-state index in [1.165, 1.54) is 13.8 Å². The maximum absolute atomic E-state index is 13.9. The summed E-state index contributed by atoms with van der Waals surface area (Å²) in [6, 6.07) is 1.39. The quantitative estimate of drug-likeness (QED) is 0.272. The van der Waals surface area contributed by atoms with Gasteiger partial charge in [-0.3, -0.25) is 9.59 Å². The first-order chi connectivity index (χ1) is 15.1. The van der Waals surface area contributed by atoms with Crippen LogP contribution in [0.1, 0.15) is 40.3 Å². The van der Waals surface area contributed by atoms with Crippen molar-refractivity contribution in [3.05, 3.63) is 63.1 Å². The van der Waals surface area contributed by atoms with Crippen molar-refractivity contribution < 1.29 is 38.1 Å². The van der Waals surface area contributed by atoms with Gasteiger partial charge in [0, 0.05) is 12.3 Å². The molecule has 0 saturated heterocycles. The Kier molecular flexibility index (Phi) is 8.58. The number of hydrogen-bond acceptors (Lipinski definition) is 8. The van der Waals surface area contributed by atoms with Gasteiger partial charge < -0.3 is 30.0 Å². The fraction of sp³-hybridized carbons (Fsp3) is 0.381. The second-order valence-corrected chi connectivity index (χ2v) is 6.75. The molecule has 0 saturated carbocycles. The molecule has 0 aliphatic heterocycles. The van der Waals surface area contributed by atoms with E-state index < -0.39 is 64.7 Å². The van der Waals surface area contributed by atoms with E-state index in [4.69, 9.17) is 15.2 Å². The van der Waals surface area contributed by atoms with Crippen LogP contribution in [0, 0.1) is 11.6 Å². The number of nitrogens with zero attached hydrogens (tertiary/aromatic N) is 1. The Morgan fingerprint density at radius 1 is 1.19 bits per heavy atom. The van der Waals surface area contributed by atoms with Gasteiger partial charge in [-0.1, -0.05) is 6.07 Å². The highest BCUT2D eigenvalue weighted by atomic mass is 19.1. The van der Waals surface area contributed by atoms with Crippen molar-refractivity contribution in [1.82, 2.24) is 4.57 Å². The molecule has 11 heteroatoms. The summed E-state index contributed by atoms with van der Waals surface area (Å²) in [5, 5.41) is 18.8. The van der Waals surface area contributed by atoms with Gasteiger partial charge >= 0.3 is 5.97 Å². The lowest BCUT2D eigenvalue weighted by Crippen LogP contribution is -2.38. The molecule has 1 atom stereocenters. The van der Waals surface area contributed by atoms with Crippen LogP contribution >= 0.6 is 0 Å². The van der Waals surface area contributed by atoms with E-state index in [1.807, 2.05) is 0 Å². The third kappa shape index (κ3) is 5.75. The third-order valence-corrected chi connectivity index (χ3v) is 4.41. The van der Waals surface area contributed by atoms with Gasteiger partial charge in [-0.05, 0) is 31.9 Å². The Bertz CT molecular complexity index is 1050. The van der Waals surface area contributed by atoms with Gasteiger partial charge in [-0.25, -0.2) is 13.6 Å². The number of ketones is 1. The van der Waals surface area contributed by atoms with Crippen LogP contribution in [-0.2, 0) is 17.7 Å². The van der Waals surface area contributed by atoms with Crippen LogP contribution in [0.2, 0.25) is 0 Å². The van der Waals surface area contributed by atoms with Gasteiger partial charge in [0.05, 0.1) is 31.4 Å². The number of pyridine rings is 1. The van der Waals surface area contributed by atoms with Gasteiger partial charge in [0.15, 0.2) is 23.5 Å². The second-order valence-electron chi connectivity index (χ2n) is 6.75. The molecule has 0 unspecified atom stereocenters. The van der Waals surface area contributed by atoms with E-state index >= 15 is 0 Å².